The Kier molecular flexibility index (Phi) is 3.63. The van der Waals surface area contributed by atoms with E-state index in [1.807, 2.05) is 37.3 Å². The number of para-hydroxylation sites is 1. The summed E-state index contributed by atoms with van der Waals surface area (Å²) in [5, 5.41) is 25.0. The largest absolute Gasteiger partial charge is 0.309 e. The second-order valence-electron chi connectivity index (χ2n) is 6.62. The lowest BCUT2D eigenvalue weighted by Crippen LogP contribution is -2.09. The Morgan fingerprint density at radius 1 is 1.14 bits per heavy atom. The zero-order valence-corrected chi connectivity index (χ0v) is 15.5. The van der Waals surface area contributed by atoms with Crippen molar-refractivity contribution in [2.75, 3.05) is 0 Å². The number of nitro groups is 1. The van der Waals surface area contributed by atoms with Gasteiger partial charge in [0.2, 0.25) is 0 Å². The van der Waals surface area contributed by atoms with Crippen LogP contribution in [0.5, 0.6) is 0 Å². The van der Waals surface area contributed by atoms with Crippen LogP contribution in [0.25, 0.3) is 22.4 Å². The molecule has 0 aliphatic rings. The highest BCUT2D eigenvalue weighted by atomic mass is 16.6. The van der Waals surface area contributed by atoms with Crippen molar-refractivity contribution in [3.8, 4) is 5.69 Å². The first-order valence-corrected chi connectivity index (χ1v) is 8.87. The summed E-state index contributed by atoms with van der Waals surface area (Å²) in [5.74, 6) is 0.476. The van der Waals surface area contributed by atoms with Crippen molar-refractivity contribution in [2.45, 2.75) is 19.9 Å². The van der Waals surface area contributed by atoms with Crippen LogP contribution in [0.4, 0.5) is 5.69 Å². The quantitative estimate of drug-likeness (QED) is 0.342. The van der Waals surface area contributed by atoms with E-state index in [4.69, 9.17) is 0 Å². The van der Waals surface area contributed by atoms with Crippen LogP contribution in [0.3, 0.4) is 0 Å². The molecular weight excluding hydrogens is 374 g/mol. The molecule has 5 rings (SSSR count). The summed E-state index contributed by atoms with van der Waals surface area (Å²) in [5.41, 5.74) is 2.48. The van der Waals surface area contributed by atoms with Gasteiger partial charge in [0, 0.05) is 0 Å². The number of aryl methyl sites for hydroxylation is 1. The summed E-state index contributed by atoms with van der Waals surface area (Å²) in [6, 6.07) is 9.31. The van der Waals surface area contributed by atoms with Crippen molar-refractivity contribution >= 4 is 22.4 Å². The van der Waals surface area contributed by atoms with Gasteiger partial charge in [0.1, 0.15) is 24.3 Å². The maximum atomic E-state index is 11.1. The maximum Gasteiger partial charge on any atom is 0.309 e. The molecule has 0 saturated carbocycles. The molecule has 0 amide bonds. The Morgan fingerprint density at radius 2 is 1.93 bits per heavy atom. The monoisotopic (exact) mass is 389 g/mol. The maximum absolute atomic E-state index is 11.1. The smallest absolute Gasteiger partial charge is 0.258 e. The molecule has 11 nitrogen and oxygen atoms in total. The van der Waals surface area contributed by atoms with E-state index in [0.29, 0.717) is 22.8 Å². The molecule has 0 aliphatic carbocycles. The molecule has 0 spiro atoms. The minimum atomic E-state index is -0.450. The molecule has 11 heteroatoms. The number of fused-ring (bicyclic) bond motifs is 3. The van der Waals surface area contributed by atoms with E-state index in [2.05, 4.69) is 25.3 Å². The van der Waals surface area contributed by atoms with Crippen molar-refractivity contribution < 1.29 is 4.92 Å². The molecule has 0 N–H and O–H groups in total. The van der Waals surface area contributed by atoms with Crippen LogP contribution in [-0.2, 0) is 0 Å². The van der Waals surface area contributed by atoms with Crippen LogP contribution >= 0.6 is 0 Å². The van der Waals surface area contributed by atoms with Gasteiger partial charge in [0.25, 0.3) is 0 Å². The van der Waals surface area contributed by atoms with Crippen LogP contribution in [0.1, 0.15) is 24.5 Å². The summed E-state index contributed by atoms with van der Waals surface area (Å²) in [6.07, 6.45) is 4.68. The number of nitrogens with zero attached hydrogens (tertiary/aromatic N) is 9. The van der Waals surface area contributed by atoms with E-state index >= 15 is 0 Å². The van der Waals surface area contributed by atoms with E-state index in [0.717, 1.165) is 11.1 Å². The number of benzene rings is 1. The fourth-order valence-electron chi connectivity index (χ4n) is 3.24. The SMILES string of the molecule is Cc1nn([C@H](C)c2nc3c4cnn(-c5ccccc5)c4ncn3n2)cc1[N+](=O)[O-]. The van der Waals surface area contributed by atoms with Crippen molar-refractivity contribution in [3.63, 3.8) is 0 Å². The third-order valence-electron chi connectivity index (χ3n) is 4.78. The average molecular weight is 389 g/mol. The van der Waals surface area contributed by atoms with Gasteiger partial charge in [-0.1, -0.05) is 18.2 Å². The van der Waals surface area contributed by atoms with E-state index < -0.39 is 4.92 Å². The molecular formula is C18H15N9O2. The molecule has 144 valence electrons. The first-order valence-electron chi connectivity index (χ1n) is 8.87. The van der Waals surface area contributed by atoms with Gasteiger partial charge in [0.15, 0.2) is 17.1 Å². The Labute approximate surface area is 163 Å². The summed E-state index contributed by atoms with van der Waals surface area (Å²) in [6.45, 7) is 3.44. The number of aromatic nitrogens is 8. The normalized spacial score (nSPS) is 12.6. The third kappa shape index (κ3) is 2.63. The molecule has 29 heavy (non-hydrogen) atoms. The van der Waals surface area contributed by atoms with E-state index in [1.165, 1.54) is 10.9 Å². The van der Waals surface area contributed by atoms with Crippen LogP contribution < -0.4 is 0 Å². The van der Waals surface area contributed by atoms with Crippen LogP contribution in [0.15, 0.2) is 49.1 Å². The van der Waals surface area contributed by atoms with Crippen LogP contribution in [-0.4, -0.2) is 44.1 Å². The van der Waals surface area contributed by atoms with Crippen molar-refractivity contribution in [3.05, 3.63) is 70.7 Å². The van der Waals surface area contributed by atoms with E-state index in [9.17, 15) is 10.1 Å². The Bertz CT molecular complexity index is 1370. The average Bonchev–Trinajstić information content (AvgIpc) is 3.43. The minimum Gasteiger partial charge on any atom is -0.258 e. The topological polar surface area (TPSA) is 122 Å². The highest BCUT2D eigenvalue weighted by Gasteiger charge is 2.22. The second-order valence-corrected chi connectivity index (χ2v) is 6.62. The molecule has 0 saturated heterocycles. The van der Waals surface area contributed by atoms with Gasteiger partial charge >= 0.3 is 5.69 Å². The minimum absolute atomic E-state index is 0.0335. The van der Waals surface area contributed by atoms with Gasteiger partial charge in [-0.2, -0.15) is 10.2 Å². The lowest BCUT2D eigenvalue weighted by Gasteiger charge is -2.06. The standard InChI is InChI=1S/C18H15N9O2/c1-11-15(27(28)29)9-24(22-11)12(2)16-21-18-14-8-20-26(13-6-4-3-5-7-13)17(14)19-10-25(18)23-16/h3-10,12H,1-2H3/t12-/m1/s1. The summed E-state index contributed by atoms with van der Waals surface area (Å²) in [7, 11) is 0. The van der Waals surface area contributed by atoms with Crippen molar-refractivity contribution in [2.24, 2.45) is 0 Å². The first kappa shape index (κ1) is 17.0. The van der Waals surface area contributed by atoms with Crippen LogP contribution in [0.2, 0.25) is 0 Å². The number of hydrogen-bond donors (Lipinski definition) is 0. The molecule has 1 aromatic carbocycles. The molecule has 4 aromatic heterocycles. The predicted molar refractivity (Wildman–Crippen MR) is 103 cm³/mol. The molecule has 1 atom stereocenters. The highest BCUT2D eigenvalue weighted by molar-refractivity contribution is 5.89. The molecule has 0 unspecified atom stereocenters. The summed E-state index contributed by atoms with van der Waals surface area (Å²) in [4.78, 5) is 19.8. The molecule has 0 aliphatic heterocycles. The van der Waals surface area contributed by atoms with Gasteiger partial charge in [-0.25, -0.2) is 19.2 Å². The summed E-state index contributed by atoms with van der Waals surface area (Å²) >= 11 is 0. The third-order valence-corrected chi connectivity index (χ3v) is 4.78. The van der Waals surface area contributed by atoms with Gasteiger partial charge < -0.3 is 0 Å². The van der Waals surface area contributed by atoms with Gasteiger partial charge in [0.05, 0.1) is 22.2 Å². The van der Waals surface area contributed by atoms with Crippen LogP contribution in [0, 0.1) is 17.0 Å². The highest BCUT2D eigenvalue weighted by Crippen LogP contribution is 2.24. The van der Waals surface area contributed by atoms with Crippen molar-refractivity contribution in [1.29, 1.82) is 0 Å². The van der Waals surface area contributed by atoms with Crippen molar-refractivity contribution in [1.82, 2.24) is 39.1 Å². The fourth-order valence-corrected chi connectivity index (χ4v) is 3.24. The molecule has 4 heterocycles. The number of rotatable bonds is 4. The first-order chi connectivity index (χ1) is 14.0. The molecule has 0 radical (unpaired) electrons. The lowest BCUT2D eigenvalue weighted by atomic mass is 10.3. The number of hydrogen-bond acceptors (Lipinski definition) is 7. The van der Waals surface area contributed by atoms with E-state index in [1.54, 1.807) is 28.6 Å². The fraction of sp³-hybridized carbons (Fsp3) is 0.167. The molecule has 0 bridgehead atoms. The van der Waals surface area contributed by atoms with Gasteiger partial charge in [-0.3, -0.25) is 14.8 Å². The molecule has 5 aromatic rings. The zero-order valence-electron chi connectivity index (χ0n) is 15.5. The second kappa shape index (κ2) is 6.19. The summed E-state index contributed by atoms with van der Waals surface area (Å²) < 4.78 is 4.82. The molecule has 0 fully saturated rings. The Hall–Kier alpha value is -4.15. The Morgan fingerprint density at radius 3 is 2.66 bits per heavy atom. The Balaban J connectivity index is 1.60. The van der Waals surface area contributed by atoms with E-state index in [-0.39, 0.29) is 11.7 Å². The lowest BCUT2D eigenvalue weighted by molar-refractivity contribution is -0.385. The zero-order chi connectivity index (χ0) is 20.1. The van der Waals surface area contributed by atoms with Gasteiger partial charge in [-0.15, -0.1) is 5.10 Å². The van der Waals surface area contributed by atoms with Gasteiger partial charge in [-0.05, 0) is 26.0 Å². The predicted octanol–water partition coefficient (Wildman–Crippen LogP) is 2.49.